The van der Waals surface area contributed by atoms with Crippen LogP contribution in [0.15, 0.2) is 33.9 Å². The molecule has 1 aromatic heterocycles. The Bertz CT molecular complexity index is 769. The molecule has 2 N–H and O–H groups in total. The van der Waals surface area contributed by atoms with Gasteiger partial charge in [-0.3, -0.25) is 14.2 Å². The van der Waals surface area contributed by atoms with E-state index in [1.165, 1.54) is 4.90 Å². The Morgan fingerprint density at radius 3 is 2.68 bits per heavy atom. The summed E-state index contributed by atoms with van der Waals surface area (Å²) in [6.45, 7) is 0.889. The van der Waals surface area contributed by atoms with Gasteiger partial charge in [-0.1, -0.05) is 12.1 Å². The number of benzene rings is 1. The summed E-state index contributed by atoms with van der Waals surface area (Å²) in [5.74, 6) is -0.284. The van der Waals surface area contributed by atoms with Gasteiger partial charge in [0.05, 0.1) is 10.9 Å². The van der Waals surface area contributed by atoms with Gasteiger partial charge in [0, 0.05) is 20.1 Å². The van der Waals surface area contributed by atoms with Crippen molar-refractivity contribution in [3.63, 3.8) is 0 Å². The number of rotatable bonds is 5. The van der Waals surface area contributed by atoms with Gasteiger partial charge in [-0.25, -0.2) is 4.79 Å². The van der Waals surface area contributed by atoms with Crippen LogP contribution in [0, 0.1) is 0 Å². The molecule has 8 heteroatoms. The maximum absolute atomic E-state index is 12.3. The number of nitrogens with zero attached hydrogens (tertiary/aromatic N) is 2. The van der Waals surface area contributed by atoms with Crippen LogP contribution < -0.4 is 16.6 Å². The van der Waals surface area contributed by atoms with E-state index in [2.05, 4.69) is 10.3 Å². The van der Waals surface area contributed by atoms with E-state index in [-0.39, 0.29) is 24.9 Å². The fourth-order valence-corrected chi connectivity index (χ4v) is 2.00. The van der Waals surface area contributed by atoms with E-state index >= 15 is 0 Å². The van der Waals surface area contributed by atoms with Gasteiger partial charge < -0.3 is 15.2 Å². The van der Waals surface area contributed by atoms with Crippen LogP contribution >= 0.6 is 12.4 Å². The molecule has 7 nitrogen and oxygen atoms in total. The second kappa shape index (κ2) is 7.77. The first kappa shape index (κ1) is 17.9. The van der Waals surface area contributed by atoms with Crippen molar-refractivity contribution in [2.24, 2.45) is 0 Å². The van der Waals surface area contributed by atoms with Gasteiger partial charge in [-0.05, 0) is 19.2 Å². The SMILES string of the molecule is CNCCN(C)C(=O)Cn1c(=O)[nH]c2ccccc2c1=O.Cl. The molecule has 0 bridgehead atoms. The van der Waals surface area contributed by atoms with Gasteiger partial charge in [0.2, 0.25) is 5.91 Å². The van der Waals surface area contributed by atoms with Crippen LogP contribution in [-0.4, -0.2) is 47.5 Å². The highest BCUT2D eigenvalue weighted by atomic mass is 35.5. The molecule has 0 saturated heterocycles. The van der Waals surface area contributed by atoms with Crippen LogP contribution in [0.25, 0.3) is 10.9 Å². The van der Waals surface area contributed by atoms with Crippen molar-refractivity contribution in [1.29, 1.82) is 0 Å². The molecule has 0 saturated carbocycles. The lowest BCUT2D eigenvalue weighted by molar-refractivity contribution is -0.130. The lowest BCUT2D eigenvalue weighted by Gasteiger charge is -2.17. The van der Waals surface area contributed by atoms with Crippen molar-refractivity contribution >= 4 is 29.2 Å². The minimum absolute atomic E-state index is 0. The first-order valence-electron chi connectivity index (χ1n) is 6.65. The number of para-hydroxylation sites is 1. The zero-order valence-corrected chi connectivity index (χ0v) is 13.3. The number of likely N-dealkylation sites (N-methyl/N-ethyl adjacent to an activating group) is 2. The number of nitrogens with one attached hydrogen (secondary N) is 2. The number of halogens is 1. The molecule has 1 amide bonds. The minimum Gasteiger partial charge on any atom is -0.343 e. The summed E-state index contributed by atoms with van der Waals surface area (Å²) in [4.78, 5) is 40.4. The van der Waals surface area contributed by atoms with Crippen LogP contribution in [0.2, 0.25) is 0 Å². The van der Waals surface area contributed by atoms with E-state index in [9.17, 15) is 14.4 Å². The van der Waals surface area contributed by atoms with E-state index in [0.29, 0.717) is 24.0 Å². The predicted octanol–water partition coefficient (Wildman–Crippen LogP) is -0.211. The lowest BCUT2D eigenvalue weighted by Crippen LogP contribution is -2.42. The molecule has 0 unspecified atom stereocenters. The van der Waals surface area contributed by atoms with Crippen LogP contribution in [0.1, 0.15) is 0 Å². The number of carbonyl (C=O) groups excluding carboxylic acids is 1. The third kappa shape index (κ3) is 3.75. The number of H-pyrrole nitrogens is 1. The van der Waals surface area contributed by atoms with Crippen LogP contribution in [0.3, 0.4) is 0 Å². The molecule has 1 aromatic carbocycles. The topological polar surface area (TPSA) is 87.2 Å². The van der Waals surface area contributed by atoms with Crippen LogP contribution in [0.5, 0.6) is 0 Å². The summed E-state index contributed by atoms with van der Waals surface area (Å²) in [6.07, 6.45) is 0. The number of aromatic nitrogens is 2. The third-order valence-corrected chi connectivity index (χ3v) is 3.31. The van der Waals surface area contributed by atoms with E-state index in [1.807, 2.05) is 0 Å². The Morgan fingerprint density at radius 2 is 2.00 bits per heavy atom. The van der Waals surface area contributed by atoms with E-state index in [1.54, 1.807) is 38.4 Å². The summed E-state index contributed by atoms with van der Waals surface area (Å²) in [6, 6.07) is 6.73. The number of amides is 1. The van der Waals surface area contributed by atoms with Gasteiger partial charge in [0.15, 0.2) is 0 Å². The molecule has 0 aliphatic heterocycles. The highest BCUT2D eigenvalue weighted by Gasteiger charge is 2.13. The van der Waals surface area contributed by atoms with E-state index in [0.717, 1.165) is 4.57 Å². The maximum Gasteiger partial charge on any atom is 0.329 e. The largest absolute Gasteiger partial charge is 0.343 e. The lowest BCUT2D eigenvalue weighted by atomic mass is 10.2. The van der Waals surface area contributed by atoms with Gasteiger partial charge in [-0.2, -0.15) is 0 Å². The monoisotopic (exact) mass is 326 g/mol. The summed E-state index contributed by atoms with van der Waals surface area (Å²) < 4.78 is 0.931. The molecule has 0 atom stereocenters. The standard InChI is InChI=1S/C14H18N4O3.ClH/c1-15-7-8-17(2)12(19)9-18-13(20)10-5-3-4-6-11(10)16-14(18)21;/h3-6,15H,7-9H2,1-2H3,(H,16,21);1H. The van der Waals surface area contributed by atoms with E-state index in [4.69, 9.17) is 0 Å². The molecule has 120 valence electrons. The molecule has 0 radical (unpaired) electrons. The Morgan fingerprint density at radius 1 is 1.32 bits per heavy atom. The van der Waals surface area contributed by atoms with Crippen molar-refractivity contribution in [1.82, 2.24) is 19.8 Å². The van der Waals surface area contributed by atoms with Gasteiger partial charge >= 0.3 is 5.69 Å². The van der Waals surface area contributed by atoms with Gasteiger partial charge in [0.25, 0.3) is 5.56 Å². The highest BCUT2D eigenvalue weighted by molar-refractivity contribution is 5.85. The molecule has 0 spiro atoms. The number of aromatic amines is 1. The summed E-state index contributed by atoms with van der Waals surface area (Å²) in [5.41, 5.74) is -0.557. The summed E-state index contributed by atoms with van der Waals surface area (Å²) >= 11 is 0. The van der Waals surface area contributed by atoms with Gasteiger partial charge in [0.1, 0.15) is 6.54 Å². The number of fused-ring (bicyclic) bond motifs is 1. The minimum atomic E-state index is -0.575. The number of hydrogen-bond acceptors (Lipinski definition) is 4. The Hall–Kier alpha value is -2.12. The van der Waals surface area contributed by atoms with Crippen molar-refractivity contribution < 1.29 is 4.79 Å². The smallest absolute Gasteiger partial charge is 0.329 e. The zero-order chi connectivity index (χ0) is 15.4. The molecule has 0 aliphatic carbocycles. The molecule has 2 rings (SSSR count). The second-order valence-corrected chi connectivity index (χ2v) is 4.79. The van der Waals surface area contributed by atoms with Crippen LogP contribution in [0.4, 0.5) is 0 Å². The Kier molecular flexibility index (Phi) is 6.33. The quantitative estimate of drug-likeness (QED) is 0.796. The molecule has 1 heterocycles. The van der Waals surface area contributed by atoms with Gasteiger partial charge in [-0.15, -0.1) is 12.4 Å². The molecule has 0 fully saturated rings. The third-order valence-electron chi connectivity index (χ3n) is 3.31. The van der Waals surface area contributed by atoms with Crippen LogP contribution in [-0.2, 0) is 11.3 Å². The van der Waals surface area contributed by atoms with Crippen molar-refractivity contribution in [3.8, 4) is 0 Å². The summed E-state index contributed by atoms with van der Waals surface area (Å²) in [5, 5.41) is 3.33. The number of carbonyl (C=O) groups is 1. The van der Waals surface area contributed by atoms with Crippen molar-refractivity contribution in [3.05, 3.63) is 45.1 Å². The Labute approximate surface area is 133 Å². The molecular weight excluding hydrogens is 308 g/mol. The first-order valence-corrected chi connectivity index (χ1v) is 6.65. The summed E-state index contributed by atoms with van der Waals surface area (Å²) in [7, 11) is 3.43. The zero-order valence-electron chi connectivity index (χ0n) is 12.5. The highest BCUT2D eigenvalue weighted by Crippen LogP contribution is 2.02. The van der Waals surface area contributed by atoms with E-state index < -0.39 is 11.2 Å². The fourth-order valence-electron chi connectivity index (χ4n) is 2.00. The number of hydrogen-bond donors (Lipinski definition) is 2. The molecule has 0 aliphatic rings. The fraction of sp³-hybridized carbons (Fsp3) is 0.357. The Balaban J connectivity index is 0.00000242. The predicted molar refractivity (Wildman–Crippen MR) is 87.6 cm³/mol. The molecule has 22 heavy (non-hydrogen) atoms. The average Bonchev–Trinajstić information content (AvgIpc) is 2.48. The molecular formula is C14H19ClN4O3. The first-order chi connectivity index (χ1) is 10.0. The van der Waals surface area contributed by atoms with Crippen molar-refractivity contribution in [2.45, 2.75) is 6.54 Å². The average molecular weight is 327 g/mol. The normalized spacial score (nSPS) is 10.3. The molecule has 2 aromatic rings. The van der Waals surface area contributed by atoms with Crippen molar-refractivity contribution in [2.75, 3.05) is 27.2 Å². The maximum atomic E-state index is 12.3. The second-order valence-electron chi connectivity index (χ2n) is 4.79.